The summed E-state index contributed by atoms with van der Waals surface area (Å²) in [6, 6.07) is -0.923. The van der Waals surface area contributed by atoms with E-state index in [0.29, 0.717) is 0 Å². The second-order valence-corrected chi connectivity index (χ2v) is 3.81. The minimum absolute atomic E-state index is 0.0377. The Morgan fingerprint density at radius 3 is 2.81 bits per heavy atom. The standard InChI is InChI=1S/C11H16N2O3/c1-7(14)13-9-4-2-8(3-5-9)6-10(12)11(15)16/h2,4,6,9-10H,3,5,12H2,1H3,(H,13,14)(H,15,16)/b8-6+. The number of rotatable bonds is 3. The molecule has 0 radical (unpaired) electrons. The molecule has 1 rings (SSSR count). The van der Waals surface area contributed by atoms with Gasteiger partial charge in [-0.05, 0) is 12.8 Å². The summed E-state index contributed by atoms with van der Waals surface area (Å²) in [7, 11) is 0. The van der Waals surface area contributed by atoms with Crippen molar-refractivity contribution in [3.8, 4) is 0 Å². The Morgan fingerprint density at radius 1 is 1.69 bits per heavy atom. The summed E-state index contributed by atoms with van der Waals surface area (Å²) in [5.74, 6) is -1.10. The van der Waals surface area contributed by atoms with Crippen LogP contribution in [0.5, 0.6) is 0 Å². The molecule has 4 N–H and O–H groups in total. The molecular formula is C11H16N2O3. The van der Waals surface area contributed by atoms with Gasteiger partial charge in [-0.15, -0.1) is 0 Å². The van der Waals surface area contributed by atoms with Crippen molar-refractivity contribution in [1.82, 2.24) is 5.32 Å². The van der Waals surface area contributed by atoms with Crippen LogP contribution >= 0.6 is 0 Å². The third-order valence-corrected chi connectivity index (χ3v) is 2.35. The molecule has 2 unspecified atom stereocenters. The molecule has 5 heteroatoms. The number of hydrogen-bond donors (Lipinski definition) is 3. The number of hydrogen-bond acceptors (Lipinski definition) is 3. The molecule has 88 valence electrons. The first-order valence-corrected chi connectivity index (χ1v) is 5.13. The second kappa shape index (κ2) is 5.46. The van der Waals surface area contributed by atoms with Crippen molar-refractivity contribution in [3.05, 3.63) is 23.8 Å². The Labute approximate surface area is 94.0 Å². The first-order chi connectivity index (χ1) is 7.49. The summed E-state index contributed by atoms with van der Waals surface area (Å²) in [4.78, 5) is 21.3. The number of aliphatic carboxylic acids is 1. The summed E-state index contributed by atoms with van der Waals surface area (Å²) >= 11 is 0. The van der Waals surface area contributed by atoms with Crippen LogP contribution in [0.4, 0.5) is 0 Å². The van der Waals surface area contributed by atoms with E-state index in [1.165, 1.54) is 13.0 Å². The van der Waals surface area contributed by atoms with Crippen LogP contribution in [0.1, 0.15) is 19.8 Å². The number of carbonyl (C=O) groups is 2. The highest BCUT2D eigenvalue weighted by atomic mass is 16.4. The van der Waals surface area contributed by atoms with E-state index in [9.17, 15) is 9.59 Å². The van der Waals surface area contributed by atoms with Gasteiger partial charge in [-0.1, -0.05) is 23.8 Å². The normalized spacial score (nSPS) is 24.1. The molecule has 0 saturated carbocycles. The number of carboxylic acids is 1. The third kappa shape index (κ3) is 3.86. The lowest BCUT2D eigenvalue weighted by Crippen LogP contribution is -2.33. The zero-order valence-electron chi connectivity index (χ0n) is 9.14. The fraction of sp³-hybridized carbons (Fsp3) is 0.455. The highest BCUT2D eigenvalue weighted by Gasteiger charge is 2.14. The molecule has 0 bridgehead atoms. The molecule has 0 aromatic rings. The first kappa shape index (κ1) is 12.4. The smallest absolute Gasteiger partial charge is 0.324 e. The van der Waals surface area contributed by atoms with Gasteiger partial charge in [0.05, 0.1) is 0 Å². The predicted molar refractivity (Wildman–Crippen MR) is 59.7 cm³/mol. The molecule has 5 nitrogen and oxygen atoms in total. The van der Waals surface area contributed by atoms with E-state index in [-0.39, 0.29) is 11.9 Å². The summed E-state index contributed by atoms with van der Waals surface area (Å²) in [5.41, 5.74) is 6.28. The minimum atomic E-state index is -1.04. The van der Waals surface area contributed by atoms with E-state index in [4.69, 9.17) is 10.8 Å². The predicted octanol–water partition coefficient (Wildman–Crippen LogP) is 0.179. The molecule has 0 saturated heterocycles. The third-order valence-electron chi connectivity index (χ3n) is 2.35. The maximum atomic E-state index is 10.8. The van der Waals surface area contributed by atoms with Crippen LogP contribution in [0.15, 0.2) is 23.8 Å². The number of amides is 1. The largest absolute Gasteiger partial charge is 0.480 e. The molecule has 0 spiro atoms. The lowest BCUT2D eigenvalue weighted by molar-refractivity contribution is -0.137. The molecule has 0 aromatic carbocycles. The Kier molecular flexibility index (Phi) is 4.25. The molecule has 0 fully saturated rings. The Hall–Kier alpha value is -1.62. The van der Waals surface area contributed by atoms with E-state index in [2.05, 4.69) is 5.32 Å². The number of carbonyl (C=O) groups excluding carboxylic acids is 1. The summed E-state index contributed by atoms with van der Waals surface area (Å²) in [6.07, 6.45) is 6.69. The van der Waals surface area contributed by atoms with Crippen LogP contribution in [-0.4, -0.2) is 29.1 Å². The zero-order chi connectivity index (χ0) is 12.1. The van der Waals surface area contributed by atoms with Gasteiger partial charge >= 0.3 is 5.97 Å². The summed E-state index contributed by atoms with van der Waals surface area (Å²) in [5, 5.41) is 11.4. The van der Waals surface area contributed by atoms with Gasteiger partial charge in [0, 0.05) is 13.0 Å². The average Bonchev–Trinajstić information content (AvgIpc) is 2.20. The van der Waals surface area contributed by atoms with Crippen molar-refractivity contribution in [2.75, 3.05) is 0 Å². The Morgan fingerprint density at radius 2 is 2.38 bits per heavy atom. The first-order valence-electron chi connectivity index (χ1n) is 5.13. The van der Waals surface area contributed by atoms with Crippen LogP contribution in [0.25, 0.3) is 0 Å². The van der Waals surface area contributed by atoms with Crippen LogP contribution in [0, 0.1) is 0 Å². The van der Waals surface area contributed by atoms with Gasteiger partial charge in [-0.25, -0.2) is 0 Å². The van der Waals surface area contributed by atoms with E-state index in [0.717, 1.165) is 18.4 Å². The molecule has 16 heavy (non-hydrogen) atoms. The van der Waals surface area contributed by atoms with E-state index in [1.807, 2.05) is 12.2 Å². The van der Waals surface area contributed by atoms with Crippen LogP contribution in [-0.2, 0) is 9.59 Å². The Balaban J connectivity index is 2.57. The van der Waals surface area contributed by atoms with Crippen LogP contribution in [0.2, 0.25) is 0 Å². The fourth-order valence-electron chi connectivity index (χ4n) is 1.56. The minimum Gasteiger partial charge on any atom is -0.480 e. The maximum absolute atomic E-state index is 10.8. The SMILES string of the molecule is CC(=O)NC1C=C/C(=C\C(N)C(=O)O)CC1. The van der Waals surface area contributed by atoms with Crippen molar-refractivity contribution < 1.29 is 14.7 Å². The molecule has 1 amide bonds. The van der Waals surface area contributed by atoms with Crippen molar-refractivity contribution in [2.45, 2.75) is 31.8 Å². The van der Waals surface area contributed by atoms with Gasteiger partial charge in [-0.2, -0.15) is 0 Å². The highest BCUT2D eigenvalue weighted by Crippen LogP contribution is 2.17. The van der Waals surface area contributed by atoms with Gasteiger partial charge in [0.2, 0.25) is 5.91 Å². The molecule has 1 aliphatic rings. The van der Waals surface area contributed by atoms with Crippen molar-refractivity contribution in [3.63, 3.8) is 0 Å². The van der Waals surface area contributed by atoms with E-state index >= 15 is 0 Å². The average molecular weight is 224 g/mol. The van der Waals surface area contributed by atoms with E-state index < -0.39 is 12.0 Å². The van der Waals surface area contributed by atoms with Crippen LogP contribution in [0.3, 0.4) is 0 Å². The number of allylic oxidation sites excluding steroid dienone is 2. The van der Waals surface area contributed by atoms with Crippen molar-refractivity contribution in [2.24, 2.45) is 5.73 Å². The summed E-state index contributed by atoms with van der Waals surface area (Å²) in [6.45, 7) is 1.47. The molecular weight excluding hydrogens is 208 g/mol. The molecule has 0 aliphatic heterocycles. The lowest BCUT2D eigenvalue weighted by Gasteiger charge is -2.19. The van der Waals surface area contributed by atoms with Gasteiger partial charge in [0.1, 0.15) is 6.04 Å². The van der Waals surface area contributed by atoms with Crippen molar-refractivity contribution >= 4 is 11.9 Å². The molecule has 1 aliphatic carbocycles. The monoisotopic (exact) mass is 224 g/mol. The highest BCUT2D eigenvalue weighted by molar-refractivity contribution is 5.76. The zero-order valence-corrected chi connectivity index (χ0v) is 9.14. The fourth-order valence-corrected chi connectivity index (χ4v) is 1.56. The van der Waals surface area contributed by atoms with Crippen LogP contribution < -0.4 is 11.1 Å². The number of nitrogens with one attached hydrogen (secondary N) is 1. The quantitative estimate of drug-likeness (QED) is 0.637. The van der Waals surface area contributed by atoms with Gasteiger partial charge in [0.15, 0.2) is 0 Å². The number of carboxylic acid groups (broad SMARTS) is 1. The van der Waals surface area contributed by atoms with Gasteiger partial charge in [-0.3, -0.25) is 9.59 Å². The summed E-state index contributed by atoms with van der Waals surface area (Å²) < 4.78 is 0. The Bertz CT molecular complexity index is 347. The van der Waals surface area contributed by atoms with Gasteiger partial charge < -0.3 is 16.2 Å². The topological polar surface area (TPSA) is 92.4 Å². The second-order valence-electron chi connectivity index (χ2n) is 3.81. The van der Waals surface area contributed by atoms with Crippen molar-refractivity contribution in [1.29, 1.82) is 0 Å². The van der Waals surface area contributed by atoms with Gasteiger partial charge in [0.25, 0.3) is 0 Å². The molecule has 0 aromatic heterocycles. The number of nitrogens with two attached hydrogens (primary N) is 1. The maximum Gasteiger partial charge on any atom is 0.324 e. The molecule has 2 atom stereocenters. The lowest BCUT2D eigenvalue weighted by atomic mass is 9.96. The van der Waals surface area contributed by atoms with E-state index in [1.54, 1.807) is 0 Å². The molecule has 0 heterocycles.